The van der Waals surface area contributed by atoms with Gasteiger partial charge in [-0.1, -0.05) is 41.4 Å². The van der Waals surface area contributed by atoms with E-state index in [1.54, 1.807) is 25.1 Å². The molecular weight excluding hydrogens is 332 g/mol. The van der Waals surface area contributed by atoms with Crippen LogP contribution < -0.4 is 4.74 Å². The van der Waals surface area contributed by atoms with E-state index < -0.39 is 5.97 Å². The molecule has 5 heteroatoms. The van der Waals surface area contributed by atoms with Crippen LogP contribution >= 0.6 is 23.4 Å². The highest BCUT2D eigenvalue weighted by Gasteiger charge is 2.12. The fourth-order valence-electron chi connectivity index (χ4n) is 1.88. The predicted octanol–water partition coefficient (Wildman–Crippen LogP) is 4.52. The van der Waals surface area contributed by atoms with Gasteiger partial charge in [0.25, 0.3) is 0 Å². The molecule has 0 saturated carbocycles. The van der Waals surface area contributed by atoms with Gasteiger partial charge in [0.1, 0.15) is 12.4 Å². The van der Waals surface area contributed by atoms with Crippen molar-refractivity contribution in [2.45, 2.75) is 23.1 Å². The van der Waals surface area contributed by atoms with Gasteiger partial charge in [-0.3, -0.25) is 4.79 Å². The zero-order valence-corrected chi connectivity index (χ0v) is 14.1. The van der Waals surface area contributed by atoms with Gasteiger partial charge in [0.05, 0.1) is 11.4 Å². The van der Waals surface area contributed by atoms with Gasteiger partial charge in [-0.25, -0.2) is 0 Å². The van der Waals surface area contributed by atoms with E-state index in [0.717, 1.165) is 15.5 Å². The molecule has 0 fully saturated rings. The lowest BCUT2D eigenvalue weighted by Gasteiger charge is -2.10. The predicted molar refractivity (Wildman–Crippen MR) is 92.3 cm³/mol. The molecule has 1 N–H and O–H groups in total. The van der Waals surface area contributed by atoms with E-state index in [4.69, 9.17) is 21.4 Å². The van der Waals surface area contributed by atoms with Gasteiger partial charge in [-0.05, 0) is 42.8 Å². The minimum atomic E-state index is -0.880. The lowest BCUT2D eigenvalue weighted by atomic mass is 10.1. The average Bonchev–Trinajstić information content (AvgIpc) is 2.52. The summed E-state index contributed by atoms with van der Waals surface area (Å²) in [5.41, 5.74) is 0.702. The zero-order valence-electron chi connectivity index (χ0n) is 12.5. The van der Waals surface area contributed by atoms with Crippen LogP contribution in [0.15, 0.2) is 52.3 Å². The number of ether oxygens (including phenoxy) is 1. The van der Waals surface area contributed by atoms with Gasteiger partial charge in [-0.2, -0.15) is 0 Å². The second-order valence-electron chi connectivity index (χ2n) is 4.59. The van der Waals surface area contributed by atoms with Crippen molar-refractivity contribution in [1.82, 2.24) is 0 Å². The van der Waals surface area contributed by atoms with Crippen molar-refractivity contribution in [2.24, 2.45) is 0 Å². The van der Waals surface area contributed by atoms with Crippen molar-refractivity contribution in [1.29, 1.82) is 0 Å². The molecule has 0 aromatic heterocycles. The van der Waals surface area contributed by atoms with Gasteiger partial charge in [-0.15, -0.1) is 5.92 Å². The molecule has 0 aliphatic heterocycles. The first-order chi connectivity index (χ1) is 11.1. The van der Waals surface area contributed by atoms with Crippen LogP contribution in [0.2, 0.25) is 5.02 Å². The van der Waals surface area contributed by atoms with Crippen LogP contribution in [-0.2, 0) is 11.2 Å². The van der Waals surface area contributed by atoms with Crippen LogP contribution in [0.4, 0.5) is 0 Å². The Kier molecular flexibility index (Phi) is 6.40. The molecule has 2 rings (SSSR count). The third-order valence-electron chi connectivity index (χ3n) is 2.92. The summed E-state index contributed by atoms with van der Waals surface area (Å²) in [6, 6.07) is 12.8. The highest BCUT2D eigenvalue weighted by Crippen LogP contribution is 2.36. The molecule has 0 radical (unpaired) electrons. The lowest BCUT2D eigenvalue weighted by molar-refractivity contribution is -0.136. The van der Waals surface area contributed by atoms with E-state index in [-0.39, 0.29) is 6.42 Å². The molecule has 0 aliphatic rings. The number of carboxylic acids is 1. The molecule has 0 atom stereocenters. The van der Waals surface area contributed by atoms with E-state index in [9.17, 15) is 4.79 Å². The SMILES string of the molecule is CC#CCOc1ccc(Sc2c(Cl)cccc2CC(=O)O)cc1. The van der Waals surface area contributed by atoms with E-state index in [1.807, 2.05) is 24.3 Å². The summed E-state index contributed by atoms with van der Waals surface area (Å²) in [5.74, 6) is 5.46. The number of carbonyl (C=O) groups is 1. The van der Waals surface area contributed by atoms with Crippen molar-refractivity contribution < 1.29 is 14.6 Å². The van der Waals surface area contributed by atoms with E-state index in [0.29, 0.717) is 17.2 Å². The fourth-order valence-corrected chi connectivity index (χ4v) is 3.14. The second kappa shape index (κ2) is 8.52. The number of carboxylic acid groups (broad SMARTS) is 1. The first kappa shape index (κ1) is 17.3. The molecule has 0 unspecified atom stereocenters. The number of hydrogen-bond acceptors (Lipinski definition) is 3. The minimum absolute atomic E-state index is 0.0558. The van der Waals surface area contributed by atoms with Crippen molar-refractivity contribution in [3.8, 4) is 17.6 Å². The molecule has 0 spiro atoms. The van der Waals surface area contributed by atoms with Crippen LogP contribution in [0.1, 0.15) is 12.5 Å². The van der Waals surface area contributed by atoms with E-state index >= 15 is 0 Å². The molecule has 118 valence electrons. The number of halogens is 1. The van der Waals surface area contributed by atoms with Crippen LogP contribution in [-0.4, -0.2) is 17.7 Å². The third kappa shape index (κ3) is 5.24. The number of rotatable bonds is 6. The molecular formula is C18H15ClO3S. The normalized spacial score (nSPS) is 9.83. The summed E-state index contributed by atoms with van der Waals surface area (Å²) in [6.07, 6.45) is -0.0558. The van der Waals surface area contributed by atoms with E-state index in [1.165, 1.54) is 11.8 Å². The van der Waals surface area contributed by atoms with E-state index in [2.05, 4.69) is 11.8 Å². The molecule has 0 bridgehead atoms. The summed E-state index contributed by atoms with van der Waals surface area (Å²) in [5, 5.41) is 9.56. The summed E-state index contributed by atoms with van der Waals surface area (Å²) >= 11 is 7.67. The molecule has 0 saturated heterocycles. The smallest absolute Gasteiger partial charge is 0.307 e. The van der Waals surface area contributed by atoms with Crippen molar-refractivity contribution in [3.63, 3.8) is 0 Å². The van der Waals surface area contributed by atoms with Gasteiger partial charge >= 0.3 is 5.97 Å². The molecule has 3 nitrogen and oxygen atoms in total. The zero-order chi connectivity index (χ0) is 16.7. The molecule has 2 aromatic rings. The number of aliphatic carboxylic acids is 1. The van der Waals surface area contributed by atoms with Gasteiger partial charge < -0.3 is 9.84 Å². The van der Waals surface area contributed by atoms with Crippen molar-refractivity contribution in [2.75, 3.05) is 6.61 Å². The molecule has 2 aromatic carbocycles. The van der Waals surface area contributed by atoms with Crippen LogP contribution in [0.5, 0.6) is 5.75 Å². The fraction of sp³-hybridized carbons (Fsp3) is 0.167. The lowest BCUT2D eigenvalue weighted by Crippen LogP contribution is -2.01. The third-order valence-corrected chi connectivity index (χ3v) is 4.54. The Bertz CT molecular complexity index is 745. The van der Waals surface area contributed by atoms with Crippen molar-refractivity contribution >= 4 is 29.3 Å². The summed E-state index contributed by atoms with van der Waals surface area (Å²) in [4.78, 5) is 12.7. The Morgan fingerprint density at radius 1 is 1.26 bits per heavy atom. The topological polar surface area (TPSA) is 46.5 Å². The molecule has 0 amide bonds. The monoisotopic (exact) mass is 346 g/mol. The van der Waals surface area contributed by atoms with Gasteiger partial charge in [0, 0.05) is 9.79 Å². The molecule has 0 aliphatic carbocycles. The summed E-state index contributed by atoms with van der Waals surface area (Å²) in [6.45, 7) is 2.12. The number of benzene rings is 2. The first-order valence-electron chi connectivity index (χ1n) is 6.89. The Hall–Kier alpha value is -2.09. The Morgan fingerprint density at radius 3 is 2.65 bits per heavy atom. The maximum Gasteiger partial charge on any atom is 0.307 e. The molecule has 0 heterocycles. The Morgan fingerprint density at radius 2 is 2.00 bits per heavy atom. The van der Waals surface area contributed by atoms with Crippen LogP contribution in [0.3, 0.4) is 0 Å². The quantitative estimate of drug-likeness (QED) is 0.781. The Balaban J connectivity index is 2.15. The Labute approximate surface area is 144 Å². The van der Waals surface area contributed by atoms with Crippen molar-refractivity contribution in [3.05, 3.63) is 53.1 Å². The highest BCUT2D eigenvalue weighted by atomic mass is 35.5. The summed E-state index contributed by atoms with van der Waals surface area (Å²) in [7, 11) is 0. The molecule has 23 heavy (non-hydrogen) atoms. The standard InChI is InChI=1S/C18H15ClO3S/c1-2-3-11-22-14-7-9-15(10-8-14)23-18-13(12-17(20)21)5-4-6-16(18)19/h4-10H,11-12H2,1H3,(H,20,21). The van der Waals surface area contributed by atoms with Gasteiger partial charge in [0.15, 0.2) is 0 Å². The average molecular weight is 347 g/mol. The first-order valence-corrected chi connectivity index (χ1v) is 8.09. The maximum atomic E-state index is 11.0. The van der Waals surface area contributed by atoms with Crippen LogP contribution in [0.25, 0.3) is 0 Å². The van der Waals surface area contributed by atoms with Gasteiger partial charge in [0.2, 0.25) is 0 Å². The largest absolute Gasteiger partial charge is 0.481 e. The second-order valence-corrected chi connectivity index (χ2v) is 6.08. The van der Waals surface area contributed by atoms with Crippen LogP contribution in [0, 0.1) is 11.8 Å². The maximum absolute atomic E-state index is 11.0. The minimum Gasteiger partial charge on any atom is -0.481 e. The summed E-state index contributed by atoms with van der Waals surface area (Å²) < 4.78 is 5.47. The number of hydrogen-bond donors (Lipinski definition) is 1. The highest BCUT2D eigenvalue weighted by molar-refractivity contribution is 7.99.